The fraction of sp³-hybridized carbons (Fsp3) is 0.111. The number of carbonyl (C=O) groups is 1. The zero-order valence-electron chi connectivity index (χ0n) is 18.8. The number of nitrogens with zero attached hydrogens (tertiary/aromatic N) is 2. The number of allylic oxidation sites excluding steroid dienone is 1. The molecule has 35 heavy (non-hydrogen) atoms. The maximum Gasteiger partial charge on any atom is 0.261 e. The number of amides is 1. The average molecular weight is 533 g/mol. The van der Waals surface area contributed by atoms with E-state index in [-0.39, 0.29) is 11.7 Å². The van der Waals surface area contributed by atoms with E-state index in [2.05, 4.69) is 31.7 Å². The molecule has 0 bridgehead atoms. The van der Waals surface area contributed by atoms with Gasteiger partial charge in [-0.05, 0) is 61.0 Å². The number of aromatic nitrogens is 2. The summed E-state index contributed by atoms with van der Waals surface area (Å²) in [5, 5.41) is 10.7. The zero-order chi connectivity index (χ0) is 24.4. The third-order valence-electron chi connectivity index (χ3n) is 5.68. The summed E-state index contributed by atoms with van der Waals surface area (Å²) in [6, 6.07) is 21.0. The van der Waals surface area contributed by atoms with Crippen LogP contribution in [0, 0.1) is 5.82 Å². The second-order valence-electron chi connectivity index (χ2n) is 7.94. The van der Waals surface area contributed by atoms with E-state index in [0.29, 0.717) is 29.2 Å². The molecule has 1 aromatic heterocycles. The molecular formula is C27H22BrFN4O2. The van der Waals surface area contributed by atoms with Crippen molar-refractivity contribution in [2.75, 3.05) is 17.2 Å². The normalized spacial score (nSPS) is 14.5. The van der Waals surface area contributed by atoms with Crippen LogP contribution in [0.3, 0.4) is 0 Å². The lowest BCUT2D eigenvalue weighted by Crippen LogP contribution is -2.22. The molecule has 0 fully saturated rings. The van der Waals surface area contributed by atoms with Gasteiger partial charge in [0.05, 0.1) is 12.8 Å². The Bertz CT molecular complexity index is 1400. The number of hydrogen-bond acceptors (Lipinski definition) is 4. The van der Waals surface area contributed by atoms with Crippen molar-refractivity contribution in [3.05, 3.63) is 112 Å². The van der Waals surface area contributed by atoms with Crippen molar-refractivity contribution < 1.29 is 13.9 Å². The number of nitrogens with one attached hydrogen (secondary N) is 2. The molecule has 1 amide bonds. The number of carbonyl (C=O) groups excluding carboxylic acids is 1. The summed E-state index contributed by atoms with van der Waals surface area (Å²) in [7, 11) is 0. The van der Waals surface area contributed by atoms with Crippen LogP contribution in [-0.4, -0.2) is 22.3 Å². The lowest BCUT2D eigenvalue weighted by molar-refractivity contribution is 0.102. The topological polar surface area (TPSA) is 68.2 Å². The Morgan fingerprint density at radius 3 is 2.57 bits per heavy atom. The van der Waals surface area contributed by atoms with Crippen LogP contribution >= 0.6 is 15.9 Å². The standard InChI is InChI=1S/C27H22BrFN4O2/c1-2-35-20-13-11-19(12-14-20)31-27(34)22-16-30-33-25(21-5-3-4-6-23(21)29)15-24(32-26(22)33)17-7-9-18(28)10-8-17/h3-16,25,32H,2H2,1H3,(H,31,34)/t25-/m0/s1. The van der Waals surface area contributed by atoms with Crippen LogP contribution < -0.4 is 15.4 Å². The lowest BCUT2D eigenvalue weighted by Gasteiger charge is -2.26. The van der Waals surface area contributed by atoms with Crippen molar-refractivity contribution in [1.29, 1.82) is 0 Å². The molecule has 0 radical (unpaired) electrons. The van der Waals surface area contributed by atoms with Gasteiger partial charge < -0.3 is 15.4 Å². The molecule has 0 saturated carbocycles. The summed E-state index contributed by atoms with van der Waals surface area (Å²) in [6.45, 7) is 2.48. The molecule has 8 heteroatoms. The summed E-state index contributed by atoms with van der Waals surface area (Å²) in [5.41, 5.74) is 3.10. The Morgan fingerprint density at radius 2 is 1.86 bits per heavy atom. The van der Waals surface area contributed by atoms with Crippen LogP contribution in [0.4, 0.5) is 15.9 Å². The summed E-state index contributed by atoms with van der Waals surface area (Å²) < 4.78 is 22.8. The number of ether oxygens (including phenoxy) is 1. The van der Waals surface area contributed by atoms with Crippen molar-refractivity contribution >= 4 is 39.0 Å². The smallest absolute Gasteiger partial charge is 0.261 e. The van der Waals surface area contributed by atoms with E-state index in [1.165, 1.54) is 12.3 Å². The minimum Gasteiger partial charge on any atom is -0.494 e. The van der Waals surface area contributed by atoms with Gasteiger partial charge in [0.2, 0.25) is 0 Å². The van der Waals surface area contributed by atoms with Gasteiger partial charge in [0.15, 0.2) is 0 Å². The fourth-order valence-corrected chi connectivity index (χ4v) is 4.26. The highest BCUT2D eigenvalue weighted by Crippen LogP contribution is 2.36. The van der Waals surface area contributed by atoms with Crippen molar-refractivity contribution in [3.63, 3.8) is 0 Å². The van der Waals surface area contributed by atoms with Gasteiger partial charge in [-0.25, -0.2) is 9.07 Å². The highest BCUT2D eigenvalue weighted by Gasteiger charge is 2.29. The number of anilines is 2. The number of halogens is 2. The Morgan fingerprint density at radius 1 is 1.11 bits per heavy atom. The van der Waals surface area contributed by atoms with Crippen molar-refractivity contribution in [2.24, 2.45) is 0 Å². The van der Waals surface area contributed by atoms with E-state index >= 15 is 0 Å². The molecule has 6 nitrogen and oxygen atoms in total. The maximum absolute atomic E-state index is 14.8. The molecule has 1 atom stereocenters. The predicted molar refractivity (Wildman–Crippen MR) is 138 cm³/mol. The largest absolute Gasteiger partial charge is 0.494 e. The Kier molecular flexibility index (Phi) is 6.37. The van der Waals surface area contributed by atoms with Crippen LogP contribution in [0.2, 0.25) is 0 Å². The van der Waals surface area contributed by atoms with E-state index in [9.17, 15) is 9.18 Å². The Balaban J connectivity index is 1.51. The summed E-state index contributed by atoms with van der Waals surface area (Å²) in [4.78, 5) is 13.2. The van der Waals surface area contributed by atoms with Gasteiger partial charge in [0.1, 0.15) is 29.0 Å². The van der Waals surface area contributed by atoms with Crippen molar-refractivity contribution in [2.45, 2.75) is 13.0 Å². The monoisotopic (exact) mass is 532 g/mol. The molecule has 0 unspecified atom stereocenters. The Labute approximate surface area is 210 Å². The molecule has 3 aromatic carbocycles. The van der Waals surface area contributed by atoms with Gasteiger partial charge in [-0.1, -0.05) is 46.3 Å². The number of benzene rings is 3. The molecule has 1 aliphatic rings. The quantitative estimate of drug-likeness (QED) is 0.297. The van der Waals surface area contributed by atoms with Gasteiger partial charge in [-0.15, -0.1) is 0 Å². The molecule has 0 aliphatic carbocycles. The molecule has 176 valence electrons. The fourth-order valence-electron chi connectivity index (χ4n) is 4.00. The average Bonchev–Trinajstić information content (AvgIpc) is 3.30. The van der Waals surface area contributed by atoms with Crippen LogP contribution in [0.15, 0.2) is 89.5 Å². The van der Waals surface area contributed by atoms with E-state index in [0.717, 1.165) is 21.5 Å². The van der Waals surface area contributed by atoms with E-state index in [1.807, 2.05) is 37.3 Å². The molecular weight excluding hydrogens is 511 g/mol. The van der Waals surface area contributed by atoms with Crippen LogP contribution in [0.25, 0.3) is 5.70 Å². The molecule has 2 N–H and O–H groups in total. The van der Waals surface area contributed by atoms with Crippen LogP contribution in [0.5, 0.6) is 5.75 Å². The molecule has 0 spiro atoms. The highest BCUT2D eigenvalue weighted by molar-refractivity contribution is 9.10. The van der Waals surface area contributed by atoms with Gasteiger partial charge in [0.25, 0.3) is 5.91 Å². The Hall–Kier alpha value is -3.91. The van der Waals surface area contributed by atoms with Gasteiger partial charge in [-0.2, -0.15) is 5.10 Å². The van der Waals surface area contributed by atoms with Crippen LogP contribution in [0.1, 0.15) is 34.5 Å². The SMILES string of the molecule is CCOc1ccc(NC(=O)c2cnn3c2NC(c2ccc(Br)cc2)=C[C@H]3c2ccccc2F)cc1. The van der Waals surface area contributed by atoms with Crippen LogP contribution in [-0.2, 0) is 0 Å². The second-order valence-corrected chi connectivity index (χ2v) is 8.86. The lowest BCUT2D eigenvalue weighted by atomic mass is 10.0. The van der Waals surface area contributed by atoms with E-state index in [4.69, 9.17) is 4.74 Å². The first-order chi connectivity index (χ1) is 17.0. The molecule has 4 aromatic rings. The number of rotatable bonds is 6. The van der Waals surface area contributed by atoms with Gasteiger partial charge in [-0.3, -0.25) is 4.79 Å². The van der Waals surface area contributed by atoms with E-state index in [1.54, 1.807) is 47.1 Å². The first-order valence-electron chi connectivity index (χ1n) is 11.1. The van der Waals surface area contributed by atoms with Gasteiger partial charge in [0, 0.05) is 21.4 Å². The van der Waals surface area contributed by atoms with Gasteiger partial charge >= 0.3 is 0 Å². The highest BCUT2D eigenvalue weighted by atomic mass is 79.9. The predicted octanol–water partition coefficient (Wildman–Crippen LogP) is 6.49. The zero-order valence-corrected chi connectivity index (χ0v) is 20.4. The summed E-state index contributed by atoms with van der Waals surface area (Å²) in [6.07, 6.45) is 3.41. The molecule has 0 saturated heterocycles. The summed E-state index contributed by atoms with van der Waals surface area (Å²) >= 11 is 3.46. The molecule has 1 aliphatic heterocycles. The first-order valence-corrected chi connectivity index (χ1v) is 11.9. The van der Waals surface area contributed by atoms with Crippen molar-refractivity contribution in [3.8, 4) is 5.75 Å². The third kappa shape index (κ3) is 4.70. The molecule has 5 rings (SSSR count). The molecule has 2 heterocycles. The van der Waals surface area contributed by atoms with Crippen molar-refractivity contribution in [1.82, 2.24) is 9.78 Å². The maximum atomic E-state index is 14.8. The third-order valence-corrected chi connectivity index (χ3v) is 6.21. The number of fused-ring (bicyclic) bond motifs is 1. The number of hydrogen-bond donors (Lipinski definition) is 2. The second kappa shape index (κ2) is 9.76. The minimum atomic E-state index is -0.530. The van der Waals surface area contributed by atoms with E-state index < -0.39 is 6.04 Å². The first kappa shape index (κ1) is 22.9. The minimum absolute atomic E-state index is 0.327. The summed E-state index contributed by atoms with van der Waals surface area (Å²) in [5.74, 6) is 0.550.